The van der Waals surface area contributed by atoms with E-state index < -0.39 is 0 Å². The van der Waals surface area contributed by atoms with Crippen molar-refractivity contribution in [2.24, 2.45) is 0 Å². The van der Waals surface area contributed by atoms with E-state index in [0.29, 0.717) is 29.0 Å². The van der Waals surface area contributed by atoms with Crippen molar-refractivity contribution < 1.29 is 4.74 Å². The van der Waals surface area contributed by atoms with Crippen molar-refractivity contribution in [1.29, 1.82) is 0 Å². The molecule has 1 aliphatic heterocycles. The van der Waals surface area contributed by atoms with Crippen molar-refractivity contribution in [2.75, 3.05) is 6.54 Å². The Bertz CT molecular complexity index is 1010. The smallest absolute Gasteiger partial charge is 0.340 e. The van der Waals surface area contributed by atoms with Gasteiger partial charge in [-0.25, -0.2) is 9.89 Å². The highest BCUT2D eigenvalue weighted by molar-refractivity contribution is 6.42. The van der Waals surface area contributed by atoms with Gasteiger partial charge in [0.05, 0.1) is 35.3 Å². The van der Waals surface area contributed by atoms with Crippen molar-refractivity contribution in [3.63, 3.8) is 0 Å². The molecule has 4 rings (SSSR count). The summed E-state index contributed by atoms with van der Waals surface area (Å²) in [6.07, 6.45) is 1.96. The van der Waals surface area contributed by atoms with Gasteiger partial charge < -0.3 is 4.74 Å². The number of nitrogens with zero attached hydrogens (tertiary/aromatic N) is 2. The Balaban J connectivity index is 1.55. The van der Waals surface area contributed by atoms with Gasteiger partial charge in [-0.3, -0.25) is 9.88 Å². The SMILES string of the molecule is O=c1[nH]nc(CN2CCC[C@H](OCc3ccc(Cl)c(Cl)c3)[C@@H]2c2ccccc2)[nH]1. The minimum Gasteiger partial charge on any atom is -0.372 e. The number of nitrogens with one attached hydrogen (secondary N) is 2. The molecule has 0 spiro atoms. The number of H-pyrrole nitrogens is 2. The van der Waals surface area contributed by atoms with Crippen LogP contribution in [0.5, 0.6) is 0 Å². The molecule has 0 unspecified atom stereocenters. The predicted octanol–water partition coefficient (Wildman–Crippen LogP) is 4.33. The number of likely N-dealkylation sites (tertiary alicyclic amines) is 1. The van der Waals surface area contributed by atoms with Crippen LogP contribution in [-0.2, 0) is 17.9 Å². The molecule has 1 saturated heterocycles. The summed E-state index contributed by atoms with van der Waals surface area (Å²) in [6, 6.07) is 15.9. The first-order valence-electron chi connectivity index (χ1n) is 9.58. The monoisotopic (exact) mass is 432 g/mol. The molecule has 2 heterocycles. The summed E-state index contributed by atoms with van der Waals surface area (Å²) in [5, 5.41) is 7.57. The standard InChI is InChI=1S/C21H22Cl2N4O2/c22-16-9-8-14(11-17(16)23)13-29-18-7-4-10-27(12-19-24-21(28)26-25-19)20(18)15-5-2-1-3-6-15/h1-3,5-6,8-9,11,18,20H,4,7,10,12-13H2,(H2,24,25,26,28)/t18-,20-/m0/s1. The second-order valence-corrected chi connectivity index (χ2v) is 8.00. The maximum absolute atomic E-state index is 11.4. The summed E-state index contributed by atoms with van der Waals surface area (Å²) in [6.45, 7) is 1.91. The van der Waals surface area contributed by atoms with Crippen LogP contribution in [0.2, 0.25) is 10.0 Å². The fraction of sp³-hybridized carbons (Fsp3) is 0.333. The van der Waals surface area contributed by atoms with E-state index in [1.807, 2.05) is 30.3 Å². The Kier molecular flexibility index (Phi) is 6.35. The molecule has 6 nitrogen and oxygen atoms in total. The third-order valence-electron chi connectivity index (χ3n) is 5.17. The minimum absolute atomic E-state index is 0.00580. The lowest BCUT2D eigenvalue weighted by Gasteiger charge is -2.41. The molecular weight excluding hydrogens is 411 g/mol. The maximum atomic E-state index is 11.4. The molecule has 29 heavy (non-hydrogen) atoms. The maximum Gasteiger partial charge on any atom is 0.340 e. The molecule has 8 heteroatoms. The van der Waals surface area contributed by atoms with Crippen LogP contribution in [0.4, 0.5) is 0 Å². The van der Waals surface area contributed by atoms with Crippen LogP contribution in [-0.4, -0.2) is 32.7 Å². The third-order valence-corrected chi connectivity index (χ3v) is 5.91. The molecule has 0 amide bonds. The number of ether oxygens (including phenoxy) is 1. The molecule has 2 atom stereocenters. The number of aromatic nitrogens is 3. The Labute approximate surface area is 178 Å². The quantitative estimate of drug-likeness (QED) is 0.607. The van der Waals surface area contributed by atoms with E-state index in [9.17, 15) is 4.79 Å². The van der Waals surface area contributed by atoms with E-state index in [4.69, 9.17) is 27.9 Å². The molecular formula is C21H22Cl2N4O2. The van der Waals surface area contributed by atoms with Gasteiger partial charge in [-0.1, -0.05) is 59.6 Å². The van der Waals surface area contributed by atoms with E-state index >= 15 is 0 Å². The van der Waals surface area contributed by atoms with Crippen molar-refractivity contribution in [3.05, 3.63) is 86.0 Å². The lowest BCUT2D eigenvalue weighted by molar-refractivity contribution is -0.0559. The van der Waals surface area contributed by atoms with E-state index in [1.165, 1.54) is 5.56 Å². The number of benzene rings is 2. The lowest BCUT2D eigenvalue weighted by atomic mass is 9.92. The highest BCUT2D eigenvalue weighted by Crippen LogP contribution is 2.35. The van der Waals surface area contributed by atoms with Crippen molar-refractivity contribution in [3.8, 4) is 0 Å². The summed E-state index contributed by atoms with van der Waals surface area (Å²) >= 11 is 12.2. The molecule has 1 aromatic heterocycles. The minimum atomic E-state index is -0.291. The first-order chi connectivity index (χ1) is 14.1. The predicted molar refractivity (Wildman–Crippen MR) is 113 cm³/mol. The number of hydrogen-bond donors (Lipinski definition) is 2. The molecule has 3 aromatic rings. The zero-order chi connectivity index (χ0) is 20.2. The van der Waals surface area contributed by atoms with Crippen LogP contribution < -0.4 is 5.69 Å². The largest absolute Gasteiger partial charge is 0.372 e. The fourth-order valence-electron chi connectivity index (χ4n) is 3.86. The van der Waals surface area contributed by atoms with Crippen LogP contribution in [0.15, 0.2) is 53.3 Å². The number of hydrogen-bond acceptors (Lipinski definition) is 4. The highest BCUT2D eigenvalue weighted by atomic mass is 35.5. The molecule has 0 saturated carbocycles. The van der Waals surface area contributed by atoms with Gasteiger partial charge >= 0.3 is 5.69 Å². The second kappa shape index (κ2) is 9.13. The zero-order valence-electron chi connectivity index (χ0n) is 15.8. The number of piperidine rings is 1. The average Bonchev–Trinajstić information content (AvgIpc) is 3.14. The van der Waals surface area contributed by atoms with Crippen LogP contribution in [0.3, 0.4) is 0 Å². The van der Waals surface area contributed by atoms with Gasteiger partial charge in [-0.05, 0) is 42.6 Å². The zero-order valence-corrected chi connectivity index (χ0v) is 17.3. The third kappa shape index (κ3) is 4.90. The number of rotatable bonds is 6. The van der Waals surface area contributed by atoms with Gasteiger partial charge in [0.1, 0.15) is 5.82 Å². The molecule has 0 bridgehead atoms. The molecule has 152 valence electrons. The summed E-state index contributed by atoms with van der Waals surface area (Å²) in [5.41, 5.74) is 1.88. The first kappa shape index (κ1) is 20.2. The van der Waals surface area contributed by atoms with E-state index in [2.05, 4.69) is 32.2 Å². The fourth-order valence-corrected chi connectivity index (χ4v) is 4.18. The van der Waals surface area contributed by atoms with Crippen molar-refractivity contribution >= 4 is 23.2 Å². The normalized spacial score (nSPS) is 20.1. The molecule has 0 radical (unpaired) electrons. The van der Waals surface area contributed by atoms with Crippen molar-refractivity contribution in [2.45, 2.75) is 38.1 Å². The molecule has 2 N–H and O–H groups in total. The van der Waals surface area contributed by atoms with E-state index in [0.717, 1.165) is 24.9 Å². The molecule has 0 aliphatic carbocycles. The van der Waals surface area contributed by atoms with Crippen LogP contribution in [0.25, 0.3) is 0 Å². The van der Waals surface area contributed by atoms with E-state index in [1.54, 1.807) is 6.07 Å². The van der Waals surface area contributed by atoms with Gasteiger partial charge in [0, 0.05) is 0 Å². The number of aromatic amines is 2. The van der Waals surface area contributed by atoms with Gasteiger partial charge in [0.15, 0.2) is 0 Å². The summed E-state index contributed by atoms with van der Waals surface area (Å²) in [5.74, 6) is 0.626. The first-order valence-corrected chi connectivity index (χ1v) is 10.3. The molecule has 1 aliphatic rings. The molecule has 1 fully saturated rings. The molecule has 2 aromatic carbocycles. The highest BCUT2D eigenvalue weighted by Gasteiger charge is 2.33. The Morgan fingerprint density at radius 3 is 2.69 bits per heavy atom. The number of halogens is 2. The van der Waals surface area contributed by atoms with Crippen molar-refractivity contribution in [1.82, 2.24) is 20.1 Å². The van der Waals surface area contributed by atoms with Crippen LogP contribution >= 0.6 is 23.2 Å². The summed E-state index contributed by atoms with van der Waals surface area (Å²) in [7, 11) is 0. The van der Waals surface area contributed by atoms with Gasteiger partial charge in [0.2, 0.25) is 0 Å². The van der Waals surface area contributed by atoms with Gasteiger partial charge in [0.25, 0.3) is 0 Å². The van der Waals surface area contributed by atoms with Crippen LogP contribution in [0, 0.1) is 0 Å². The Morgan fingerprint density at radius 2 is 1.97 bits per heavy atom. The lowest BCUT2D eigenvalue weighted by Crippen LogP contribution is -2.42. The van der Waals surface area contributed by atoms with Crippen LogP contribution in [0.1, 0.15) is 35.8 Å². The Morgan fingerprint density at radius 1 is 1.14 bits per heavy atom. The summed E-state index contributed by atoms with van der Waals surface area (Å²) < 4.78 is 6.36. The summed E-state index contributed by atoms with van der Waals surface area (Å²) in [4.78, 5) is 16.5. The topological polar surface area (TPSA) is 74.0 Å². The van der Waals surface area contributed by atoms with E-state index in [-0.39, 0.29) is 17.8 Å². The Hall–Kier alpha value is -2.12. The van der Waals surface area contributed by atoms with Gasteiger partial charge in [-0.2, -0.15) is 5.10 Å². The van der Waals surface area contributed by atoms with Gasteiger partial charge in [-0.15, -0.1) is 0 Å². The average molecular weight is 433 g/mol. The second-order valence-electron chi connectivity index (χ2n) is 7.19.